The molecule has 5 heteroatoms. The second kappa shape index (κ2) is 5.42. The van der Waals surface area contributed by atoms with Crippen LogP contribution in [0.4, 0.5) is 5.69 Å². The lowest BCUT2D eigenvalue weighted by atomic mass is 10.3. The van der Waals surface area contributed by atoms with Gasteiger partial charge in [0.05, 0.1) is 5.69 Å². The largest absolute Gasteiger partial charge is 0.510 e. The molecule has 0 radical (unpaired) electrons. The lowest BCUT2D eigenvalue weighted by molar-refractivity contribution is -0.113. The van der Waals surface area contributed by atoms with Crippen molar-refractivity contribution < 1.29 is 9.90 Å². The van der Waals surface area contributed by atoms with Gasteiger partial charge in [-0.15, -0.1) is 5.11 Å². The van der Waals surface area contributed by atoms with Crippen molar-refractivity contribution in [2.45, 2.75) is 13.8 Å². The number of hydrogen-bond acceptors (Lipinski definition) is 4. The Bertz CT molecular complexity index is 463. The zero-order valence-electron chi connectivity index (χ0n) is 8.94. The lowest BCUT2D eigenvalue weighted by Gasteiger charge is -1.97. The van der Waals surface area contributed by atoms with Crippen LogP contribution in [0.25, 0.3) is 0 Å². The zero-order chi connectivity index (χ0) is 12.1. The Hall–Kier alpha value is -1.68. The highest BCUT2D eigenvalue weighted by Crippen LogP contribution is 2.19. The number of azo groups is 1. The highest BCUT2D eigenvalue weighted by molar-refractivity contribution is 6.30. The number of aliphatic hydroxyl groups is 1. The van der Waals surface area contributed by atoms with Gasteiger partial charge in [-0.1, -0.05) is 17.7 Å². The molecule has 1 aromatic carbocycles. The highest BCUT2D eigenvalue weighted by atomic mass is 35.5. The topological polar surface area (TPSA) is 62.0 Å². The van der Waals surface area contributed by atoms with E-state index in [1.807, 2.05) is 0 Å². The summed E-state index contributed by atoms with van der Waals surface area (Å²) in [4.78, 5) is 11.1. The third kappa shape index (κ3) is 3.47. The first kappa shape index (κ1) is 12.4. The molecular formula is C11H11ClN2O2. The summed E-state index contributed by atoms with van der Waals surface area (Å²) in [7, 11) is 0. The first-order valence-corrected chi connectivity index (χ1v) is 4.96. The van der Waals surface area contributed by atoms with Crippen LogP contribution in [0, 0.1) is 0 Å². The average Bonchev–Trinajstić information content (AvgIpc) is 2.16. The van der Waals surface area contributed by atoms with E-state index in [1.165, 1.54) is 13.8 Å². The van der Waals surface area contributed by atoms with E-state index in [2.05, 4.69) is 10.2 Å². The van der Waals surface area contributed by atoms with Gasteiger partial charge in [0.1, 0.15) is 5.76 Å². The van der Waals surface area contributed by atoms with Crippen LogP contribution in [-0.4, -0.2) is 10.9 Å². The molecule has 0 aliphatic carbocycles. The van der Waals surface area contributed by atoms with Crippen LogP contribution < -0.4 is 0 Å². The second-order valence-corrected chi connectivity index (χ2v) is 3.61. The third-order valence-electron chi connectivity index (χ3n) is 1.75. The van der Waals surface area contributed by atoms with E-state index in [9.17, 15) is 9.90 Å². The van der Waals surface area contributed by atoms with Crippen molar-refractivity contribution in [1.82, 2.24) is 0 Å². The van der Waals surface area contributed by atoms with Crippen LogP contribution in [0.15, 0.2) is 46.0 Å². The fraction of sp³-hybridized carbons (Fsp3) is 0.182. The van der Waals surface area contributed by atoms with Crippen molar-refractivity contribution in [2.75, 3.05) is 0 Å². The number of aliphatic hydroxyl groups excluding tert-OH is 1. The number of allylic oxidation sites excluding steroid dienone is 2. The molecular weight excluding hydrogens is 228 g/mol. The van der Waals surface area contributed by atoms with E-state index in [1.54, 1.807) is 24.3 Å². The average molecular weight is 239 g/mol. The maximum atomic E-state index is 11.1. The number of halogens is 1. The molecule has 0 fully saturated rings. The van der Waals surface area contributed by atoms with Gasteiger partial charge in [0.25, 0.3) is 0 Å². The number of carbonyl (C=O) groups is 1. The number of rotatable bonds is 3. The molecule has 1 aromatic rings. The van der Waals surface area contributed by atoms with Gasteiger partial charge in [-0.3, -0.25) is 4.79 Å². The molecule has 0 aromatic heterocycles. The molecule has 0 spiro atoms. The Kier molecular flexibility index (Phi) is 4.19. The summed E-state index contributed by atoms with van der Waals surface area (Å²) in [6.07, 6.45) is 0. The normalized spacial score (nSPS) is 12.7. The molecule has 0 saturated heterocycles. The summed E-state index contributed by atoms with van der Waals surface area (Å²) in [5.74, 6) is -0.496. The summed E-state index contributed by atoms with van der Waals surface area (Å²) in [5, 5.41) is 17.2. The summed E-state index contributed by atoms with van der Waals surface area (Å²) < 4.78 is 0. The van der Waals surface area contributed by atoms with Crippen molar-refractivity contribution in [1.29, 1.82) is 0 Å². The van der Waals surface area contributed by atoms with Crippen LogP contribution >= 0.6 is 11.6 Å². The van der Waals surface area contributed by atoms with Crippen LogP contribution in [0.3, 0.4) is 0 Å². The monoisotopic (exact) mass is 238 g/mol. The Balaban J connectivity index is 2.96. The molecule has 0 aliphatic rings. The third-order valence-corrected chi connectivity index (χ3v) is 1.98. The predicted octanol–water partition coefficient (Wildman–Crippen LogP) is 3.80. The summed E-state index contributed by atoms with van der Waals surface area (Å²) >= 11 is 5.76. The number of benzene rings is 1. The zero-order valence-corrected chi connectivity index (χ0v) is 9.69. The quantitative estimate of drug-likeness (QED) is 0.495. The van der Waals surface area contributed by atoms with Crippen molar-refractivity contribution in [3.05, 3.63) is 40.7 Å². The molecule has 84 valence electrons. The molecule has 0 unspecified atom stereocenters. The molecule has 0 heterocycles. The van der Waals surface area contributed by atoms with Crippen LogP contribution in [-0.2, 0) is 4.79 Å². The predicted molar refractivity (Wildman–Crippen MR) is 62.0 cm³/mol. The van der Waals surface area contributed by atoms with Crippen LogP contribution in [0.1, 0.15) is 13.8 Å². The van der Waals surface area contributed by atoms with Gasteiger partial charge in [0.15, 0.2) is 11.5 Å². The molecule has 1 N–H and O–H groups in total. The van der Waals surface area contributed by atoms with Crippen molar-refractivity contribution in [2.24, 2.45) is 10.2 Å². The van der Waals surface area contributed by atoms with Crippen LogP contribution in [0.5, 0.6) is 0 Å². The first-order valence-electron chi connectivity index (χ1n) is 4.59. The van der Waals surface area contributed by atoms with Crippen molar-refractivity contribution in [3.63, 3.8) is 0 Å². The van der Waals surface area contributed by atoms with Crippen LogP contribution in [0.2, 0.25) is 5.02 Å². The minimum Gasteiger partial charge on any atom is -0.510 e. The molecule has 0 bridgehead atoms. The molecule has 4 nitrogen and oxygen atoms in total. The van der Waals surface area contributed by atoms with E-state index in [-0.39, 0.29) is 17.2 Å². The SMILES string of the molecule is CC(=O)C(N=Nc1cccc(Cl)c1)=C(C)O. The molecule has 0 atom stereocenters. The Morgan fingerprint density at radius 3 is 2.56 bits per heavy atom. The second-order valence-electron chi connectivity index (χ2n) is 3.17. The van der Waals surface area contributed by atoms with Gasteiger partial charge in [-0.25, -0.2) is 0 Å². The van der Waals surface area contributed by atoms with Gasteiger partial charge in [-0.2, -0.15) is 5.11 Å². The standard InChI is InChI=1S/C11H11ClN2O2/c1-7(15)11(8(2)16)14-13-10-5-3-4-9(12)6-10/h3-6,15H,1-2H3. The van der Waals surface area contributed by atoms with E-state index in [4.69, 9.17) is 11.6 Å². The van der Waals surface area contributed by atoms with Gasteiger partial charge >= 0.3 is 0 Å². The van der Waals surface area contributed by atoms with Crippen molar-refractivity contribution in [3.8, 4) is 0 Å². The lowest BCUT2D eigenvalue weighted by Crippen LogP contribution is -1.96. The van der Waals surface area contributed by atoms with Gasteiger partial charge in [-0.05, 0) is 25.1 Å². The summed E-state index contributed by atoms with van der Waals surface area (Å²) in [5.41, 5.74) is 0.465. The number of hydrogen-bond donors (Lipinski definition) is 1. The molecule has 16 heavy (non-hydrogen) atoms. The van der Waals surface area contributed by atoms with E-state index in [0.717, 1.165) is 0 Å². The molecule has 0 amide bonds. The minimum atomic E-state index is -0.342. The summed E-state index contributed by atoms with van der Waals surface area (Å²) in [6.45, 7) is 2.69. The minimum absolute atomic E-state index is 0.0556. The number of ketones is 1. The Morgan fingerprint density at radius 2 is 2.06 bits per heavy atom. The molecule has 0 saturated carbocycles. The maximum Gasteiger partial charge on any atom is 0.183 e. The molecule has 1 rings (SSSR count). The van der Waals surface area contributed by atoms with Gasteiger partial charge < -0.3 is 5.11 Å². The van der Waals surface area contributed by atoms with Gasteiger partial charge in [0.2, 0.25) is 0 Å². The van der Waals surface area contributed by atoms with Gasteiger partial charge in [0, 0.05) is 11.9 Å². The Morgan fingerprint density at radius 1 is 1.38 bits per heavy atom. The smallest absolute Gasteiger partial charge is 0.183 e. The molecule has 0 aliphatic heterocycles. The number of carbonyl (C=O) groups excluding carboxylic acids is 1. The van der Waals surface area contributed by atoms with Crippen molar-refractivity contribution >= 4 is 23.1 Å². The fourth-order valence-electron chi connectivity index (χ4n) is 1.04. The van der Waals surface area contributed by atoms with E-state index in [0.29, 0.717) is 10.7 Å². The van der Waals surface area contributed by atoms with E-state index >= 15 is 0 Å². The summed E-state index contributed by atoms with van der Waals surface area (Å²) in [6, 6.07) is 6.73. The Labute approximate surface area is 98.3 Å². The first-order chi connectivity index (χ1) is 7.50. The highest BCUT2D eigenvalue weighted by Gasteiger charge is 2.06. The van der Waals surface area contributed by atoms with E-state index < -0.39 is 0 Å². The number of nitrogens with zero attached hydrogens (tertiary/aromatic N) is 2. The maximum absolute atomic E-state index is 11.1. The number of Topliss-reactive ketones (excluding diaryl/α,β-unsaturated/α-hetero) is 1. The fourth-order valence-corrected chi connectivity index (χ4v) is 1.23.